The van der Waals surface area contributed by atoms with E-state index >= 15 is 0 Å². The molecule has 0 aromatic heterocycles. The smallest absolute Gasteiger partial charge is 0.131 e. The van der Waals surface area contributed by atoms with Gasteiger partial charge in [0.2, 0.25) is 0 Å². The summed E-state index contributed by atoms with van der Waals surface area (Å²) < 4.78 is 15.0. The second-order valence-corrected chi connectivity index (χ2v) is 9.75. The van der Waals surface area contributed by atoms with Crippen LogP contribution < -0.4 is 0 Å². The number of benzene rings is 2. The summed E-state index contributed by atoms with van der Waals surface area (Å²) in [4.78, 5) is 0. The van der Waals surface area contributed by atoms with Crippen molar-refractivity contribution in [3.05, 3.63) is 71.6 Å². The highest BCUT2D eigenvalue weighted by atomic mass is 19.1. The summed E-state index contributed by atoms with van der Waals surface area (Å²) in [6.45, 7) is 7.00. The largest absolute Gasteiger partial charge is 0.321 e. The summed E-state index contributed by atoms with van der Waals surface area (Å²) >= 11 is 0. The molecule has 142 valence electrons. The first-order valence-corrected chi connectivity index (χ1v) is 10.1. The van der Waals surface area contributed by atoms with Gasteiger partial charge in [-0.2, -0.15) is 0 Å². The van der Waals surface area contributed by atoms with Gasteiger partial charge in [-0.1, -0.05) is 62.4 Å². The Bertz CT molecular complexity index is 860. The molecule has 3 aliphatic carbocycles. The van der Waals surface area contributed by atoms with Gasteiger partial charge < -0.3 is 4.48 Å². The molecule has 2 aromatic carbocycles. The maximum Gasteiger partial charge on any atom is 0.131 e. The Labute approximate surface area is 163 Å². The number of halogens is 1. The van der Waals surface area contributed by atoms with Crippen LogP contribution in [0, 0.1) is 23.1 Å². The second kappa shape index (κ2) is 6.60. The fourth-order valence-electron chi connectivity index (χ4n) is 5.19. The molecule has 27 heavy (non-hydrogen) atoms. The van der Waals surface area contributed by atoms with E-state index in [9.17, 15) is 4.39 Å². The molecule has 0 saturated heterocycles. The summed E-state index contributed by atoms with van der Waals surface area (Å²) in [7, 11) is 4.65. The molecule has 0 spiro atoms. The van der Waals surface area contributed by atoms with Gasteiger partial charge in [0, 0.05) is 11.1 Å². The molecule has 0 unspecified atom stereocenters. The monoisotopic (exact) mass is 364 g/mol. The van der Waals surface area contributed by atoms with Gasteiger partial charge in [-0.05, 0) is 47.3 Å². The van der Waals surface area contributed by atoms with Crippen molar-refractivity contribution in [1.82, 2.24) is 0 Å². The van der Waals surface area contributed by atoms with Gasteiger partial charge in [0.25, 0.3) is 0 Å². The van der Waals surface area contributed by atoms with E-state index in [1.807, 2.05) is 24.3 Å². The first-order valence-electron chi connectivity index (χ1n) is 10.1. The number of hydrogen-bond acceptors (Lipinski definition) is 0. The van der Waals surface area contributed by atoms with Crippen LogP contribution in [-0.2, 0) is 6.54 Å². The minimum Gasteiger partial charge on any atom is -0.321 e. The fraction of sp³-hybridized carbons (Fsp3) is 0.440. The fourth-order valence-corrected chi connectivity index (χ4v) is 5.19. The average Bonchev–Trinajstić information content (AvgIpc) is 2.62. The highest BCUT2D eigenvalue weighted by Gasteiger charge is 2.52. The first-order chi connectivity index (χ1) is 12.8. The minimum absolute atomic E-state index is 0.160. The maximum atomic E-state index is 14.0. The standard InChI is InChI=1S/C25H31FN/c1-25(2)21-14-13-20(23(25)15-21)17-27(3,4)16-18-9-11-19(12-10-18)22-7-5-6-8-24(22)26/h5-13,21,23H,14-17H2,1-4H3/q+1/t21-,23-/m0/s1. The Balaban J connectivity index is 1.45. The van der Waals surface area contributed by atoms with Crippen molar-refractivity contribution in [2.45, 2.75) is 33.2 Å². The average molecular weight is 365 g/mol. The Morgan fingerprint density at radius 1 is 1.00 bits per heavy atom. The van der Waals surface area contributed by atoms with Crippen LogP contribution in [0.5, 0.6) is 0 Å². The van der Waals surface area contributed by atoms with Gasteiger partial charge >= 0.3 is 0 Å². The molecule has 0 N–H and O–H groups in total. The van der Waals surface area contributed by atoms with Crippen LogP contribution in [0.2, 0.25) is 0 Å². The SMILES string of the molecule is CC1(C)[C@H]2CC=C(C[N+](C)(C)Cc3ccc(-c4ccccc4F)cc3)[C@@H]1C2. The Hall–Kier alpha value is -1.93. The van der Waals surface area contributed by atoms with E-state index in [0.717, 1.165) is 35.0 Å². The molecule has 0 heterocycles. The first kappa shape index (κ1) is 18.4. The van der Waals surface area contributed by atoms with Gasteiger partial charge in [0.05, 0.1) is 14.1 Å². The molecule has 3 aliphatic rings. The summed E-state index contributed by atoms with van der Waals surface area (Å²) in [5, 5.41) is 0. The van der Waals surface area contributed by atoms with Crippen LogP contribution in [0.3, 0.4) is 0 Å². The number of quaternary nitrogens is 1. The van der Waals surface area contributed by atoms with E-state index in [1.54, 1.807) is 11.6 Å². The van der Waals surface area contributed by atoms with Crippen molar-refractivity contribution in [2.24, 2.45) is 17.3 Å². The molecule has 5 rings (SSSR count). The molecule has 1 fully saturated rings. The number of likely N-dealkylation sites (N-methyl/N-ethyl adjacent to an activating group) is 1. The van der Waals surface area contributed by atoms with Crippen LogP contribution in [-0.4, -0.2) is 25.1 Å². The van der Waals surface area contributed by atoms with Crippen molar-refractivity contribution < 1.29 is 8.87 Å². The molecule has 1 saturated carbocycles. The van der Waals surface area contributed by atoms with Gasteiger partial charge in [-0.15, -0.1) is 0 Å². The van der Waals surface area contributed by atoms with Gasteiger partial charge in [0.15, 0.2) is 0 Å². The predicted octanol–water partition coefficient (Wildman–Crippen LogP) is 6.06. The van der Waals surface area contributed by atoms with Gasteiger partial charge in [-0.25, -0.2) is 4.39 Å². The van der Waals surface area contributed by atoms with Crippen LogP contribution in [0.1, 0.15) is 32.3 Å². The third kappa shape index (κ3) is 3.48. The Morgan fingerprint density at radius 3 is 2.33 bits per heavy atom. The lowest BCUT2D eigenvalue weighted by molar-refractivity contribution is -0.899. The summed E-state index contributed by atoms with van der Waals surface area (Å²) in [6, 6.07) is 15.4. The van der Waals surface area contributed by atoms with Crippen molar-refractivity contribution in [1.29, 1.82) is 0 Å². The van der Waals surface area contributed by atoms with E-state index in [-0.39, 0.29) is 5.82 Å². The second-order valence-electron chi connectivity index (χ2n) is 9.75. The minimum atomic E-state index is -0.160. The molecular formula is C25H31FN+. The van der Waals surface area contributed by atoms with E-state index in [4.69, 9.17) is 0 Å². The van der Waals surface area contributed by atoms with E-state index in [2.05, 4.69) is 46.2 Å². The lowest BCUT2D eigenvalue weighted by atomic mass is 9.49. The molecule has 2 heteroatoms. The number of fused-ring (bicyclic) bond motifs is 1. The van der Waals surface area contributed by atoms with E-state index in [0.29, 0.717) is 11.0 Å². The number of rotatable bonds is 5. The zero-order valence-electron chi connectivity index (χ0n) is 17.0. The molecule has 2 atom stereocenters. The highest BCUT2D eigenvalue weighted by molar-refractivity contribution is 5.64. The van der Waals surface area contributed by atoms with Crippen molar-refractivity contribution >= 4 is 0 Å². The van der Waals surface area contributed by atoms with Crippen LogP contribution in [0.25, 0.3) is 11.1 Å². The Kier molecular flexibility index (Phi) is 4.50. The van der Waals surface area contributed by atoms with Crippen molar-refractivity contribution in [3.8, 4) is 11.1 Å². The number of hydrogen-bond donors (Lipinski definition) is 0. The number of allylic oxidation sites excluding steroid dienone is 1. The molecule has 0 amide bonds. The molecule has 1 nitrogen and oxygen atoms in total. The molecule has 0 aliphatic heterocycles. The summed E-state index contributed by atoms with van der Waals surface area (Å²) in [5.41, 5.74) is 5.08. The molecule has 2 bridgehead atoms. The van der Waals surface area contributed by atoms with Gasteiger partial charge in [0.1, 0.15) is 18.9 Å². The van der Waals surface area contributed by atoms with Crippen LogP contribution >= 0.6 is 0 Å². The molecular weight excluding hydrogens is 333 g/mol. The Morgan fingerprint density at radius 2 is 1.70 bits per heavy atom. The summed E-state index contributed by atoms with van der Waals surface area (Å²) in [5.74, 6) is 1.51. The molecule has 2 aromatic rings. The third-order valence-corrected chi connectivity index (χ3v) is 6.94. The zero-order valence-corrected chi connectivity index (χ0v) is 17.0. The van der Waals surface area contributed by atoms with E-state index in [1.165, 1.54) is 24.5 Å². The van der Waals surface area contributed by atoms with Crippen molar-refractivity contribution in [3.63, 3.8) is 0 Å². The van der Waals surface area contributed by atoms with Gasteiger partial charge in [-0.3, -0.25) is 0 Å². The topological polar surface area (TPSA) is 0 Å². The lowest BCUT2D eigenvalue weighted by Crippen LogP contribution is -2.52. The normalized spacial score (nSPS) is 23.5. The maximum absolute atomic E-state index is 14.0. The van der Waals surface area contributed by atoms with E-state index < -0.39 is 0 Å². The predicted molar refractivity (Wildman–Crippen MR) is 111 cm³/mol. The highest BCUT2D eigenvalue weighted by Crippen LogP contribution is 2.59. The molecule has 0 radical (unpaired) electrons. The van der Waals surface area contributed by atoms with Crippen molar-refractivity contribution in [2.75, 3.05) is 20.6 Å². The summed E-state index contributed by atoms with van der Waals surface area (Å²) in [6.07, 6.45) is 5.16. The third-order valence-electron chi connectivity index (χ3n) is 6.94. The quantitative estimate of drug-likeness (QED) is 0.447. The van der Waals surface area contributed by atoms with Crippen LogP contribution in [0.4, 0.5) is 4.39 Å². The van der Waals surface area contributed by atoms with Crippen LogP contribution in [0.15, 0.2) is 60.2 Å². The zero-order chi connectivity index (χ0) is 19.2. The lowest BCUT2D eigenvalue weighted by Gasteiger charge is -2.57. The number of nitrogens with zero attached hydrogens (tertiary/aromatic N) is 1.